The van der Waals surface area contributed by atoms with Gasteiger partial charge in [-0.2, -0.15) is 8.42 Å². The summed E-state index contributed by atoms with van der Waals surface area (Å²) >= 11 is 5.66. The maximum Gasteiger partial charge on any atom is 0.339 e. The number of nitrogens with zero attached hydrogens (tertiary/aromatic N) is 1. The Morgan fingerprint density at radius 3 is 2.45 bits per heavy atom. The van der Waals surface area contributed by atoms with E-state index in [1.807, 2.05) is 0 Å². The van der Waals surface area contributed by atoms with Gasteiger partial charge >= 0.3 is 15.8 Å². The summed E-state index contributed by atoms with van der Waals surface area (Å²) in [5.74, 6) is -0.396. The van der Waals surface area contributed by atoms with Crippen molar-refractivity contribution in [3.05, 3.63) is 63.7 Å². The third kappa shape index (κ3) is 3.06. The number of rotatable bonds is 4. The van der Waals surface area contributed by atoms with Crippen LogP contribution in [0.5, 0.6) is 5.75 Å². The van der Waals surface area contributed by atoms with Gasteiger partial charge in [0.1, 0.15) is 4.90 Å². The van der Waals surface area contributed by atoms with Crippen molar-refractivity contribution in [3.8, 4) is 5.75 Å². The van der Waals surface area contributed by atoms with Crippen LogP contribution < -0.4 is 4.18 Å². The first-order valence-electron chi connectivity index (χ1n) is 5.25. The Balaban J connectivity index is 2.38. The maximum absolute atomic E-state index is 12.0. The van der Waals surface area contributed by atoms with Gasteiger partial charge < -0.3 is 4.18 Å². The lowest BCUT2D eigenvalue weighted by atomic mass is 10.3. The summed E-state index contributed by atoms with van der Waals surface area (Å²) in [6.45, 7) is 0. The van der Waals surface area contributed by atoms with Crippen LogP contribution in [0.3, 0.4) is 0 Å². The summed E-state index contributed by atoms with van der Waals surface area (Å²) in [5.41, 5.74) is -0.457. The van der Waals surface area contributed by atoms with Gasteiger partial charge in [-0.15, -0.1) is 0 Å². The second kappa shape index (κ2) is 5.48. The van der Waals surface area contributed by atoms with E-state index in [2.05, 4.69) is 6.07 Å². The molecule has 103 valence electrons. The van der Waals surface area contributed by atoms with Gasteiger partial charge in [-0.25, -0.2) is 0 Å². The molecule has 20 heavy (non-hydrogen) atoms. The fourth-order valence-electron chi connectivity index (χ4n) is 1.39. The van der Waals surface area contributed by atoms with Crippen molar-refractivity contribution in [1.29, 1.82) is 0 Å². The molecule has 0 atom stereocenters. The van der Waals surface area contributed by atoms with Gasteiger partial charge in [-0.1, -0.05) is 11.6 Å². The zero-order valence-electron chi connectivity index (χ0n) is 9.82. The van der Waals surface area contributed by atoms with E-state index in [-0.39, 0.29) is 4.90 Å². The molecule has 0 spiro atoms. The lowest BCUT2D eigenvalue weighted by Crippen LogP contribution is -2.10. The van der Waals surface area contributed by atoms with Gasteiger partial charge in [0.15, 0.2) is 0 Å². The number of hydrogen-bond donors (Lipinski definition) is 0. The van der Waals surface area contributed by atoms with Gasteiger partial charge in [-0.05, 0) is 42.5 Å². The normalized spacial score (nSPS) is 11.1. The smallest absolute Gasteiger partial charge is 0.339 e. The highest BCUT2D eigenvalue weighted by Gasteiger charge is 2.22. The van der Waals surface area contributed by atoms with E-state index in [4.69, 9.17) is 15.8 Å². The van der Waals surface area contributed by atoms with Crippen LogP contribution in [0.2, 0.25) is 5.02 Å². The summed E-state index contributed by atoms with van der Waals surface area (Å²) < 4.78 is 28.7. The third-order valence-corrected chi connectivity index (χ3v) is 3.80. The molecule has 0 aromatic heterocycles. The molecule has 0 unspecified atom stereocenters. The monoisotopic (exact) mass is 312 g/mol. The summed E-state index contributed by atoms with van der Waals surface area (Å²) in [6.07, 6.45) is 0. The van der Waals surface area contributed by atoms with Crippen LogP contribution in [0.4, 0.5) is 5.69 Å². The molecule has 2 aromatic carbocycles. The lowest BCUT2D eigenvalue weighted by Gasteiger charge is -2.07. The highest BCUT2D eigenvalue weighted by Crippen LogP contribution is 2.29. The predicted molar refractivity (Wildman–Crippen MR) is 71.2 cm³/mol. The Bertz CT molecular complexity index is 743. The first kappa shape index (κ1) is 14.3. The number of hydrogen-bond acceptors (Lipinski definition) is 5. The molecular weight excluding hydrogens is 306 g/mol. The molecule has 1 radical (unpaired) electrons. The van der Waals surface area contributed by atoms with E-state index in [1.165, 1.54) is 30.3 Å². The van der Waals surface area contributed by atoms with E-state index in [0.29, 0.717) is 5.02 Å². The zero-order chi connectivity index (χ0) is 14.8. The Kier molecular flexibility index (Phi) is 3.91. The summed E-state index contributed by atoms with van der Waals surface area (Å²) in [7, 11) is -4.17. The average molecular weight is 313 g/mol. The molecule has 0 amide bonds. The summed E-state index contributed by atoms with van der Waals surface area (Å²) in [4.78, 5) is 9.90. The Morgan fingerprint density at radius 1 is 1.20 bits per heavy atom. The molecule has 0 N–H and O–H groups in total. The van der Waals surface area contributed by atoms with Gasteiger partial charge in [0.05, 0.1) is 4.92 Å². The SMILES string of the molecule is O=[N+]([O-])c1cc[c]cc1OS(=O)(=O)c1ccc(Cl)cc1. The maximum atomic E-state index is 12.0. The van der Waals surface area contributed by atoms with Crippen LogP contribution in [-0.4, -0.2) is 13.3 Å². The van der Waals surface area contributed by atoms with Crippen LogP contribution in [0, 0.1) is 16.2 Å². The molecule has 2 aromatic rings. The Morgan fingerprint density at radius 2 is 1.85 bits per heavy atom. The van der Waals surface area contributed by atoms with E-state index in [9.17, 15) is 18.5 Å². The predicted octanol–water partition coefficient (Wildman–Crippen LogP) is 2.82. The molecule has 0 aliphatic heterocycles. The van der Waals surface area contributed by atoms with Crippen LogP contribution in [0.1, 0.15) is 0 Å². The molecule has 6 nitrogen and oxygen atoms in total. The van der Waals surface area contributed by atoms with Crippen molar-refractivity contribution in [2.75, 3.05) is 0 Å². The minimum atomic E-state index is -4.17. The topological polar surface area (TPSA) is 86.5 Å². The van der Waals surface area contributed by atoms with E-state index in [1.54, 1.807) is 0 Å². The van der Waals surface area contributed by atoms with Gasteiger partial charge in [0.2, 0.25) is 5.75 Å². The number of nitro groups is 1. The average Bonchev–Trinajstić information content (AvgIpc) is 2.39. The van der Waals surface area contributed by atoms with E-state index < -0.39 is 26.5 Å². The number of halogens is 1. The second-order valence-electron chi connectivity index (χ2n) is 3.64. The van der Waals surface area contributed by atoms with Crippen molar-refractivity contribution in [2.45, 2.75) is 4.90 Å². The minimum absolute atomic E-state index is 0.153. The molecule has 2 rings (SSSR count). The lowest BCUT2D eigenvalue weighted by molar-refractivity contribution is -0.385. The second-order valence-corrected chi connectivity index (χ2v) is 5.63. The molecule has 8 heteroatoms. The van der Waals surface area contributed by atoms with Crippen molar-refractivity contribution < 1.29 is 17.5 Å². The molecule has 0 saturated carbocycles. The van der Waals surface area contributed by atoms with Crippen molar-refractivity contribution in [3.63, 3.8) is 0 Å². The van der Waals surface area contributed by atoms with Crippen molar-refractivity contribution in [2.24, 2.45) is 0 Å². The molecule has 0 aliphatic carbocycles. The molecule has 0 saturated heterocycles. The van der Waals surface area contributed by atoms with Crippen LogP contribution in [0.15, 0.2) is 47.4 Å². The van der Waals surface area contributed by atoms with Crippen molar-refractivity contribution >= 4 is 27.4 Å². The standard InChI is InChI=1S/C12H7ClNO5S/c13-9-5-7-10(8-6-9)20(17,18)19-12-4-2-1-3-11(12)14(15)16/h1,3-8H. The van der Waals surface area contributed by atoms with Gasteiger partial charge in [-0.3, -0.25) is 10.1 Å². The first-order valence-corrected chi connectivity index (χ1v) is 7.03. The molecular formula is C12H7ClNO5S. The zero-order valence-corrected chi connectivity index (χ0v) is 11.4. The van der Waals surface area contributed by atoms with E-state index >= 15 is 0 Å². The molecule has 0 bridgehead atoms. The fraction of sp³-hybridized carbons (Fsp3) is 0. The van der Waals surface area contributed by atoms with Gasteiger partial charge in [0, 0.05) is 11.1 Å². The third-order valence-electron chi connectivity index (χ3n) is 2.30. The van der Waals surface area contributed by atoms with Crippen LogP contribution >= 0.6 is 11.6 Å². The molecule has 0 aliphatic rings. The number of nitro benzene ring substituents is 1. The number of benzene rings is 2. The van der Waals surface area contributed by atoms with Crippen LogP contribution in [0.25, 0.3) is 0 Å². The Hall–Kier alpha value is -2.12. The highest BCUT2D eigenvalue weighted by molar-refractivity contribution is 7.87. The fourth-order valence-corrected chi connectivity index (χ4v) is 2.45. The highest BCUT2D eigenvalue weighted by atomic mass is 35.5. The largest absolute Gasteiger partial charge is 0.372 e. The molecule has 0 fully saturated rings. The van der Waals surface area contributed by atoms with E-state index in [0.717, 1.165) is 12.1 Å². The minimum Gasteiger partial charge on any atom is -0.372 e. The molecule has 0 heterocycles. The van der Waals surface area contributed by atoms with Crippen molar-refractivity contribution in [1.82, 2.24) is 0 Å². The van der Waals surface area contributed by atoms with Gasteiger partial charge in [0.25, 0.3) is 0 Å². The quantitative estimate of drug-likeness (QED) is 0.492. The van der Waals surface area contributed by atoms with Crippen LogP contribution in [-0.2, 0) is 10.1 Å². The Labute approximate surface area is 119 Å². The summed E-state index contributed by atoms with van der Waals surface area (Å²) in [5, 5.41) is 11.2. The summed E-state index contributed by atoms with van der Waals surface area (Å²) in [6, 6.07) is 11.3. The first-order chi connectivity index (χ1) is 9.40.